The molecule has 0 aromatic heterocycles. The minimum Gasteiger partial charge on any atom is -0.274 e. The van der Waals surface area contributed by atoms with Gasteiger partial charge in [-0.1, -0.05) is 66.2 Å². The van der Waals surface area contributed by atoms with Crippen LogP contribution >= 0.6 is 0 Å². The van der Waals surface area contributed by atoms with Gasteiger partial charge in [-0.05, 0) is 41.3 Å². The van der Waals surface area contributed by atoms with Gasteiger partial charge < -0.3 is 0 Å². The smallest absolute Gasteiger partial charge is 0.238 e. The van der Waals surface area contributed by atoms with Gasteiger partial charge in [0.2, 0.25) is 11.8 Å². The van der Waals surface area contributed by atoms with Crippen LogP contribution in [0.15, 0.2) is 72.8 Å². The molecule has 1 aliphatic heterocycles. The second-order valence-corrected chi connectivity index (χ2v) is 8.11. The van der Waals surface area contributed by atoms with Gasteiger partial charge in [-0.15, -0.1) is 0 Å². The van der Waals surface area contributed by atoms with Gasteiger partial charge in [0.15, 0.2) is 0 Å². The summed E-state index contributed by atoms with van der Waals surface area (Å²) in [4.78, 5) is 28.5. The first-order chi connectivity index (χ1) is 13.7. The van der Waals surface area contributed by atoms with Crippen LogP contribution in [0.25, 0.3) is 0 Å². The highest BCUT2D eigenvalue weighted by atomic mass is 16.2. The zero-order chi connectivity index (χ0) is 19.0. The van der Waals surface area contributed by atoms with Crippen LogP contribution in [0.3, 0.4) is 0 Å². The molecule has 0 saturated carbocycles. The number of carbonyl (C=O) groups is 2. The van der Waals surface area contributed by atoms with E-state index in [1.54, 1.807) is 0 Å². The van der Waals surface area contributed by atoms with Crippen LogP contribution in [0.5, 0.6) is 0 Å². The molecule has 0 radical (unpaired) electrons. The monoisotopic (exact) mass is 365 g/mol. The highest BCUT2D eigenvalue weighted by Gasteiger charge is 2.61. The Balaban J connectivity index is 1.57. The van der Waals surface area contributed by atoms with Gasteiger partial charge in [0.05, 0.1) is 17.5 Å². The molecule has 2 atom stereocenters. The van der Waals surface area contributed by atoms with Crippen LogP contribution in [0.1, 0.15) is 39.7 Å². The zero-order valence-corrected chi connectivity index (χ0v) is 15.5. The van der Waals surface area contributed by atoms with Crippen LogP contribution in [0.4, 0.5) is 5.69 Å². The van der Waals surface area contributed by atoms with Crippen molar-refractivity contribution in [2.45, 2.75) is 18.8 Å². The summed E-state index contributed by atoms with van der Waals surface area (Å²) in [6.45, 7) is 2.00. The average Bonchev–Trinajstić information content (AvgIpc) is 3.00. The van der Waals surface area contributed by atoms with Gasteiger partial charge >= 0.3 is 0 Å². The molecule has 1 fully saturated rings. The third-order valence-corrected chi connectivity index (χ3v) is 6.74. The number of hydrogen-bond donors (Lipinski definition) is 0. The second-order valence-electron chi connectivity index (χ2n) is 8.11. The first-order valence-electron chi connectivity index (χ1n) is 9.79. The van der Waals surface area contributed by atoms with Gasteiger partial charge in [0.25, 0.3) is 0 Å². The largest absolute Gasteiger partial charge is 0.274 e. The molecule has 136 valence electrons. The van der Waals surface area contributed by atoms with Gasteiger partial charge in [-0.3, -0.25) is 9.59 Å². The third kappa shape index (κ3) is 1.84. The van der Waals surface area contributed by atoms with E-state index < -0.39 is 0 Å². The van der Waals surface area contributed by atoms with Crippen LogP contribution in [-0.2, 0) is 9.59 Å². The highest BCUT2D eigenvalue weighted by Crippen LogP contribution is 2.61. The molecule has 2 amide bonds. The Morgan fingerprint density at radius 1 is 0.607 bits per heavy atom. The van der Waals surface area contributed by atoms with E-state index in [-0.39, 0.29) is 35.5 Å². The molecule has 2 bridgehead atoms. The van der Waals surface area contributed by atoms with Gasteiger partial charge in [0.1, 0.15) is 0 Å². The Morgan fingerprint density at radius 3 is 1.39 bits per heavy atom. The number of imide groups is 1. The fourth-order valence-corrected chi connectivity index (χ4v) is 5.63. The zero-order valence-electron chi connectivity index (χ0n) is 15.5. The van der Waals surface area contributed by atoms with Gasteiger partial charge in [0, 0.05) is 11.8 Å². The molecular weight excluding hydrogens is 346 g/mol. The molecule has 4 aliphatic rings. The second kappa shape index (κ2) is 5.41. The third-order valence-electron chi connectivity index (χ3n) is 6.74. The SMILES string of the molecule is Cc1ccc(N2C(=O)[C@@H]3C4c5ccccc5C(c5ccccc54)[C@@H]3C2=O)cc1. The van der Waals surface area contributed by atoms with Crippen molar-refractivity contribution in [3.05, 3.63) is 101 Å². The molecule has 3 aromatic rings. The predicted molar refractivity (Wildman–Crippen MR) is 107 cm³/mol. The van der Waals surface area contributed by atoms with Gasteiger partial charge in [-0.25, -0.2) is 4.90 Å². The Labute approximate surface area is 163 Å². The van der Waals surface area contributed by atoms with Crippen LogP contribution in [0.2, 0.25) is 0 Å². The van der Waals surface area contributed by atoms with Crippen molar-refractivity contribution in [1.29, 1.82) is 0 Å². The first-order valence-corrected chi connectivity index (χ1v) is 9.79. The fourth-order valence-electron chi connectivity index (χ4n) is 5.63. The van der Waals surface area contributed by atoms with Gasteiger partial charge in [-0.2, -0.15) is 0 Å². The molecule has 7 rings (SSSR count). The lowest BCUT2D eigenvalue weighted by Crippen LogP contribution is -2.41. The molecular formula is C25H19NO2. The number of anilines is 1. The lowest BCUT2D eigenvalue weighted by molar-refractivity contribution is -0.122. The molecule has 1 heterocycles. The van der Waals surface area contributed by atoms with Crippen LogP contribution < -0.4 is 4.90 Å². The van der Waals surface area contributed by atoms with Crippen LogP contribution in [-0.4, -0.2) is 11.8 Å². The molecule has 0 spiro atoms. The van der Waals surface area contributed by atoms with E-state index in [1.807, 2.05) is 55.5 Å². The number of benzene rings is 3. The summed E-state index contributed by atoms with van der Waals surface area (Å²) < 4.78 is 0. The van der Waals surface area contributed by atoms with Crippen molar-refractivity contribution in [2.24, 2.45) is 11.8 Å². The highest BCUT2D eigenvalue weighted by molar-refractivity contribution is 6.23. The molecule has 3 nitrogen and oxygen atoms in total. The molecule has 3 aliphatic carbocycles. The van der Waals surface area contributed by atoms with Crippen molar-refractivity contribution in [2.75, 3.05) is 4.90 Å². The van der Waals surface area contributed by atoms with Crippen molar-refractivity contribution in [1.82, 2.24) is 0 Å². The van der Waals surface area contributed by atoms with E-state index in [0.717, 1.165) is 5.56 Å². The van der Waals surface area contributed by atoms with E-state index >= 15 is 0 Å². The summed E-state index contributed by atoms with van der Waals surface area (Å²) in [5, 5.41) is 0. The van der Waals surface area contributed by atoms with E-state index in [9.17, 15) is 9.59 Å². The Bertz CT molecular complexity index is 1030. The van der Waals surface area contributed by atoms with Crippen molar-refractivity contribution in [3.63, 3.8) is 0 Å². The maximum Gasteiger partial charge on any atom is 0.238 e. The topological polar surface area (TPSA) is 37.4 Å². The minimum absolute atomic E-state index is 0.0469. The quantitative estimate of drug-likeness (QED) is 0.600. The summed E-state index contributed by atoms with van der Waals surface area (Å²) in [5.74, 6) is -0.841. The van der Waals surface area contributed by atoms with E-state index in [4.69, 9.17) is 0 Å². The first kappa shape index (κ1) is 15.8. The summed E-state index contributed by atoms with van der Waals surface area (Å²) in [5.41, 5.74) is 6.63. The Hall–Kier alpha value is -3.20. The predicted octanol–water partition coefficient (Wildman–Crippen LogP) is 4.39. The number of aryl methyl sites for hydroxylation is 1. The summed E-state index contributed by atoms with van der Waals surface area (Å²) in [6.07, 6.45) is 0. The summed E-state index contributed by atoms with van der Waals surface area (Å²) >= 11 is 0. The summed E-state index contributed by atoms with van der Waals surface area (Å²) in [6, 6.07) is 24.3. The maximum atomic E-state index is 13.6. The Kier molecular flexibility index (Phi) is 3.06. The van der Waals surface area contributed by atoms with E-state index in [2.05, 4.69) is 24.3 Å². The number of nitrogens with zero attached hydrogens (tertiary/aromatic N) is 1. The normalized spacial score (nSPS) is 26.8. The molecule has 0 unspecified atom stereocenters. The number of amides is 2. The lowest BCUT2D eigenvalue weighted by atomic mass is 9.55. The number of rotatable bonds is 1. The maximum absolute atomic E-state index is 13.6. The van der Waals surface area contributed by atoms with Crippen LogP contribution in [0, 0.1) is 18.8 Å². The van der Waals surface area contributed by atoms with E-state index in [0.29, 0.717) is 5.69 Å². The molecule has 1 saturated heterocycles. The lowest BCUT2D eigenvalue weighted by Gasteiger charge is -2.45. The molecule has 0 N–H and O–H groups in total. The molecule has 3 aromatic carbocycles. The minimum atomic E-state index is -0.316. The number of carbonyl (C=O) groups excluding carboxylic acids is 2. The molecule has 28 heavy (non-hydrogen) atoms. The average molecular weight is 365 g/mol. The Morgan fingerprint density at radius 2 is 1.00 bits per heavy atom. The fraction of sp³-hybridized carbons (Fsp3) is 0.200. The van der Waals surface area contributed by atoms with Crippen molar-refractivity contribution in [3.8, 4) is 0 Å². The number of hydrogen-bond acceptors (Lipinski definition) is 2. The van der Waals surface area contributed by atoms with Crippen molar-refractivity contribution < 1.29 is 9.59 Å². The standard InChI is InChI=1S/C25H19NO2/c1-14-10-12-15(13-11-14)26-24(27)22-20-16-6-2-3-7-17(16)21(23(22)25(26)28)19-9-5-4-8-18(19)20/h2-13,20-23H,1H3/t20?,21?,22-,23+. The van der Waals surface area contributed by atoms with Crippen molar-refractivity contribution >= 4 is 17.5 Å². The van der Waals surface area contributed by atoms with E-state index in [1.165, 1.54) is 27.2 Å². The summed E-state index contributed by atoms with van der Waals surface area (Å²) in [7, 11) is 0. The molecule has 3 heteroatoms.